The van der Waals surface area contributed by atoms with E-state index in [1.165, 1.54) is 18.4 Å². The minimum atomic E-state index is 0.271. The zero-order chi connectivity index (χ0) is 18.6. The highest BCUT2D eigenvalue weighted by Gasteiger charge is 2.31. The van der Waals surface area contributed by atoms with Crippen LogP contribution in [0.2, 0.25) is 5.02 Å². The van der Waals surface area contributed by atoms with Crippen molar-refractivity contribution < 1.29 is 4.79 Å². The van der Waals surface area contributed by atoms with Gasteiger partial charge in [-0.25, -0.2) is 0 Å². The molecule has 27 heavy (non-hydrogen) atoms. The topological polar surface area (TPSA) is 33.2 Å². The summed E-state index contributed by atoms with van der Waals surface area (Å²) in [4.78, 5) is 19.9. The molecule has 1 saturated heterocycles. The van der Waals surface area contributed by atoms with E-state index in [1.807, 2.05) is 12.1 Å². The van der Waals surface area contributed by atoms with Crippen LogP contribution in [0.4, 0.5) is 0 Å². The normalized spacial score (nSPS) is 20.8. The molecule has 2 heterocycles. The number of halogens is 1. The zero-order valence-electron chi connectivity index (χ0n) is 15.7. The Bertz CT molecular complexity index is 783. The van der Waals surface area contributed by atoms with Crippen LogP contribution in [0.3, 0.4) is 0 Å². The molecule has 2 aliphatic rings. The lowest BCUT2D eigenvalue weighted by molar-refractivity contribution is -0.136. The molecule has 1 saturated carbocycles. The van der Waals surface area contributed by atoms with Gasteiger partial charge in [0.2, 0.25) is 5.91 Å². The summed E-state index contributed by atoms with van der Waals surface area (Å²) in [5.41, 5.74) is 3.42. The Morgan fingerprint density at radius 3 is 2.59 bits per heavy atom. The average molecular weight is 383 g/mol. The van der Waals surface area contributed by atoms with Crippen molar-refractivity contribution in [1.29, 1.82) is 0 Å². The SMILES string of the molecule is O=C(C1CCCC1)N1CCC[C@@H](c2cccc(Cc3ccc(Cl)cc3)n2)C1. The molecule has 1 amide bonds. The van der Waals surface area contributed by atoms with Crippen LogP contribution in [0.1, 0.15) is 61.4 Å². The van der Waals surface area contributed by atoms with Crippen molar-refractivity contribution >= 4 is 17.5 Å². The first-order valence-electron chi connectivity index (χ1n) is 10.2. The number of piperidine rings is 1. The molecule has 1 aliphatic carbocycles. The molecule has 1 aromatic heterocycles. The van der Waals surface area contributed by atoms with Gasteiger partial charge in [-0.05, 0) is 55.5 Å². The van der Waals surface area contributed by atoms with Gasteiger partial charge in [-0.15, -0.1) is 0 Å². The minimum absolute atomic E-state index is 0.271. The number of likely N-dealkylation sites (tertiary alicyclic amines) is 1. The lowest BCUT2D eigenvalue weighted by Gasteiger charge is -2.34. The average Bonchev–Trinajstić information content (AvgIpc) is 3.24. The lowest BCUT2D eigenvalue weighted by Crippen LogP contribution is -2.42. The summed E-state index contributed by atoms with van der Waals surface area (Å²) < 4.78 is 0. The fourth-order valence-corrected chi connectivity index (χ4v) is 4.61. The second-order valence-corrected chi connectivity index (χ2v) is 8.40. The first-order valence-corrected chi connectivity index (χ1v) is 10.6. The van der Waals surface area contributed by atoms with Gasteiger partial charge in [0.05, 0.1) is 0 Å². The molecule has 1 aliphatic heterocycles. The number of hydrogen-bond acceptors (Lipinski definition) is 2. The van der Waals surface area contributed by atoms with E-state index in [0.29, 0.717) is 11.8 Å². The predicted octanol–water partition coefficient (Wildman–Crippen LogP) is 5.22. The first-order chi connectivity index (χ1) is 13.2. The second-order valence-electron chi connectivity index (χ2n) is 7.96. The zero-order valence-corrected chi connectivity index (χ0v) is 16.5. The standard InChI is InChI=1S/C23H27ClN2O/c24-20-12-10-17(11-13-20)15-21-8-3-9-22(25-21)19-7-4-14-26(16-19)23(27)18-5-1-2-6-18/h3,8-13,18-19H,1-2,4-7,14-16H2/t19-/m1/s1. The molecule has 142 valence electrons. The summed E-state index contributed by atoms with van der Waals surface area (Å²) in [7, 11) is 0. The second kappa shape index (κ2) is 8.43. The van der Waals surface area contributed by atoms with Gasteiger partial charge in [0.25, 0.3) is 0 Å². The molecule has 0 bridgehead atoms. The largest absolute Gasteiger partial charge is 0.342 e. The number of nitrogens with zero attached hydrogens (tertiary/aromatic N) is 2. The van der Waals surface area contributed by atoms with Crippen LogP contribution < -0.4 is 0 Å². The third kappa shape index (κ3) is 4.52. The van der Waals surface area contributed by atoms with E-state index < -0.39 is 0 Å². The van der Waals surface area contributed by atoms with Gasteiger partial charge in [-0.1, -0.05) is 42.6 Å². The number of hydrogen-bond donors (Lipinski definition) is 0. The Morgan fingerprint density at radius 1 is 1.04 bits per heavy atom. The molecule has 3 nitrogen and oxygen atoms in total. The number of benzene rings is 1. The highest BCUT2D eigenvalue weighted by Crippen LogP contribution is 2.31. The van der Waals surface area contributed by atoms with Crippen LogP contribution in [0.15, 0.2) is 42.5 Å². The van der Waals surface area contributed by atoms with E-state index in [0.717, 1.165) is 61.6 Å². The van der Waals surface area contributed by atoms with Crippen molar-refractivity contribution in [2.24, 2.45) is 5.92 Å². The molecule has 0 radical (unpaired) electrons. The van der Waals surface area contributed by atoms with Crippen molar-refractivity contribution in [2.75, 3.05) is 13.1 Å². The van der Waals surface area contributed by atoms with Crippen LogP contribution in [0.5, 0.6) is 0 Å². The van der Waals surface area contributed by atoms with Gasteiger partial charge >= 0.3 is 0 Å². The summed E-state index contributed by atoms with van der Waals surface area (Å²) in [6, 6.07) is 14.3. The third-order valence-corrected chi connectivity index (χ3v) is 6.23. The van der Waals surface area contributed by atoms with Crippen molar-refractivity contribution in [2.45, 2.75) is 50.9 Å². The molecule has 1 aromatic carbocycles. The van der Waals surface area contributed by atoms with Gasteiger partial charge < -0.3 is 4.90 Å². The number of pyridine rings is 1. The highest BCUT2D eigenvalue weighted by atomic mass is 35.5. The van der Waals surface area contributed by atoms with Gasteiger partial charge in [0, 0.05) is 47.8 Å². The fraction of sp³-hybridized carbons (Fsp3) is 0.478. The maximum Gasteiger partial charge on any atom is 0.225 e. The smallest absolute Gasteiger partial charge is 0.225 e. The van der Waals surface area contributed by atoms with E-state index in [-0.39, 0.29) is 5.92 Å². The molecule has 4 rings (SSSR count). The van der Waals surface area contributed by atoms with Crippen molar-refractivity contribution in [3.8, 4) is 0 Å². The van der Waals surface area contributed by atoms with E-state index in [1.54, 1.807) is 0 Å². The van der Waals surface area contributed by atoms with Crippen LogP contribution >= 0.6 is 11.6 Å². The van der Waals surface area contributed by atoms with Crippen molar-refractivity contribution in [3.63, 3.8) is 0 Å². The van der Waals surface area contributed by atoms with Crippen LogP contribution in [-0.4, -0.2) is 28.9 Å². The van der Waals surface area contributed by atoms with Crippen LogP contribution in [-0.2, 0) is 11.2 Å². The van der Waals surface area contributed by atoms with Crippen LogP contribution in [0.25, 0.3) is 0 Å². The number of carbonyl (C=O) groups is 1. The number of carbonyl (C=O) groups excluding carboxylic acids is 1. The van der Waals surface area contributed by atoms with E-state index >= 15 is 0 Å². The number of aromatic nitrogens is 1. The highest BCUT2D eigenvalue weighted by molar-refractivity contribution is 6.30. The predicted molar refractivity (Wildman–Crippen MR) is 109 cm³/mol. The first kappa shape index (κ1) is 18.5. The van der Waals surface area contributed by atoms with E-state index in [4.69, 9.17) is 16.6 Å². The lowest BCUT2D eigenvalue weighted by atomic mass is 9.92. The van der Waals surface area contributed by atoms with E-state index in [9.17, 15) is 4.79 Å². The summed E-state index contributed by atoms with van der Waals surface area (Å²) in [6.45, 7) is 1.74. The number of amides is 1. The molecule has 4 heteroatoms. The Labute approximate surface area is 166 Å². The maximum absolute atomic E-state index is 12.8. The summed E-state index contributed by atoms with van der Waals surface area (Å²) in [5.74, 6) is 1.01. The molecule has 2 fully saturated rings. The molecule has 0 spiro atoms. The van der Waals surface area contributed by atoms with Crippen molar-refractivity contribution in [3.05, 3.63) is 64.4 Å². The Morgan fingerprint density at radius 2 is 1.81 bits per heavy atom. The van der Waals surface area contributed by atoms with Crippen LogP contribution in [0, 0.1) is 5.92 Å². The van der Waals surface area contributed by atoms with Gasteiger partial charge in [0.15, 0.2) is 0 Å². The fourth-order valence-electron chi connectivity index (χ4n) is 4.49. The summed E-state index contributed by atoms with van der Waals surface area (Å²) in [6.07, 6.45) is 7.58. The summed E-state index contributed by atoms with van der Waals surface area (Å²) >= 11 is 5.98. The Hall–Kier alpha value is -1.87. The molecular formula is C23H27ClN2O. The maximum atomic E-state index is 12.8. The van der Waals surface area contributed by atoms with E-state index in [2.05, 4.69) is 35.2 Å². The van der Waals surface area contributed by atoms with Gasteiger partial charge in [0.1, 0.15) is 0 Å². The monoisotopic (exact) mass is 382 g/mol. The van der Waals surface area contributed by atoms with Gasteiger partial charge in [-0.3, -0.25) is 9.78 Å². The number of rotatable bonds is 4. The molecule has 2 aromatic rings. The minimum Gasteiger partial charge on any atom is -0.342 e. The molecule has 0 unspecified atom stereocenters. The quantitative estimate of drug-likeness (QED) is 0.726. The molecule has 1 atom stereocenters. The third-order valence-electron chi connectivity index (χ3n) is 5.98. The molecular weight excluding hydrogens is 356 g/mol. The Kier molecular flexibility index (Phi) is 5.77. The molecule has 0 N–H and O–H groups in total. The summed E-state index contributed by atoms with van der Waals surface area (Å²) in [5, 5.41) is 0.759. The van der Waals surface area contributed by atoms with Crippen molar-refractivity contribution in [1.82, 2.24) is 9.88 Å². The Balaban J connectivity index is 1.44. The van der Waals surface area contributed by atoms with Gasteiger partial charge in [-0.2, -0.15) is 0 Å².